The molecule has 0 saturated heterocycles. The number of H-pyrrole nitrogens is 2. The first-order chi connectivity index (χ1) is 10.0. The van der Waals surface area contributed by atoms with E-state index >= 15 is 0 Å². The third-order valence-electron chi connectivity index (χ3n) is 4.81. The number of rotatable bonds is 3. The smallest absolute Gasteiger partial charge is 0.314 e. The Morgan fingerprint density at radius 1 is 1.10 bits per heavy atom. The van der Waals surface area contributed by atoms with E-state index in [2.05, 4.69) is 22.2 Å². The van der Waals surface area contributed by atoms with Gasteiger partial charge in [0.25, 0.3) is 0 Å². The normalized spacial score (nSPS) is 19.0. The lowest BCUT2D eigenvalue weighted by molar-refractivity contribution is 0.234. The maximum Gasteiger partial charge on any atom is 0.314 e. The van der Waals surface area contributed by atoms with Crippen LogP contribution in [0.3, 0.4) is 0 Å². The molecule has 1 aliphatic carbocycles. The van der Waals surface area contributed by atoms with E-state index in [9.17, 15) is 9.59 Å². The molecule has 0 radical (unpaired) electrons. The Morgan fingerprint density at radius 3 is 2.33 bits per heavy atom. The lowest BCUT2D eigenvalue weighted by Crippen LogP contribution is -2.32. The molecule has 21 heavy (non-hydrogen) atoms. The van der Waals surface area contributed by atoms with Gasteiger partial charge < -0.3 is 15.3 Å². The van der Waals surface area contributed by atoms with Gasteiger partial charge in [-0.1, -0.05) is 25.8 Å². The average Bonchev–Trinajstić information content (AvgIpc) is 2.88. The van der Waals surface area contributed by atoms with Crippen molar-refractivity contribution in [1.82, 2.24) is 15.3 Å². The van der Waals surface area contributed by atoms with Crippen LogP contribution >= 0.6 is 0 Å². The standard InChI is InChI=1S/C16H21N3O2/c1-16(7-3-4-8-16)13(17-2)10-5-6-11-12(9-10)19-15(21)14(20)18-11/h5-6,9,13,17H,3-4,7-8H2,1-2H3,(H,18,20)(H,19,21). The van der Waals surface area contributed by atoms with Crippen LogP contribution in [-0.4, -0.2) is 17.0 Å². The third kappa shape index (κ3) is 2.42. The summed E-state index contributed by atoms with van der Waals surface area (Å²) in [6, 6.07) is 6.11. The molecule has 3 N–H and O–H groups in total. The Morgan fingerprint density at radius 2 is 1.71 bits per heavy atom. The predicted molar refractivity (Wildman–Crippen MR) is 83.6 cm³/mol. The fourth-order valence-electron chi connectivity index (χ4n) is 3.70. The third-order valence-corrected chi connectivity index (χ3v) is 4.81. The van der Waals surface area contributed by atoms with Gasteiger partial charge in [-0.15, -0.1) is 0 Å². The highest BCUT2D eigenvalue weighted by Crippen LogP contribution is 2.47. The molecule has 1 unspecified atom stereocenters. The topological polar surface area (TPSA) is 77.8 Å². The first kappa shape index (κ1) is 14.1. The SMILES string of the molecule is CNC(c1ccc2[nH]c(=O)c(=O)[nH]c2c1)C1(C)CCCC1. The molecule has 1 atom stereocenters. The Hall–Kier alpha value is -1.88. The first-order valence-electron chi connectivity index (χ1n) is 7.47. The van der Waals surface area contributed by atoms with Gasteiger partial charge in [0, 0.05) is 6.04 Å². The van der Waals surface area contributed by atoms with E-state index in [0.29, 0.717) is 11.0 Å². The van der Waals surface area contributed by atoms with Gasteiger partial charge in [-0.2, -0.15) is 0 Å². The summed E-state index contributed by atoms with van der Waals surface area (Å²) >= 11 is 0. The van der Waals surface area contributed by atoms with Crippen LogP contribution in [0.4, 0.5) is 0 Å². The van der Waals surface area contributed by atoms with Gasteiger partial charge >= 0.3 is 11.1 Å². The molecule has 5 heteroatoms. The fraction of sp³-hybridized carbons (Fsp3) is 0.500. The Kier molecular flexibility index (Phi) is 3.45. The van der Waals surface area contributed by atoms with Crippen molar-refractivity contribution in [2.75, 3.05) is 7.05 Å². The molecule has 2 aromatic rings. The number of aromatic nitrogens is 2. The van der Waals surface area contributed by atoms with Gasteiger partial charge in [-0.05, 0) is 43.0 Å². The lowest BCUT2D eigenvalue weighted by Gasteiger charge is -2.34. The number of benzene rings is 1. The van der Waals surface area contributed by atoms with Crippen molar-refractivity contribution in [3.63, 3.8) is 0 Å². The van der Waals surface area contributed by atoms with Crippen molar-refractivity contribution in [2.24, 2.45) is 5.41 Å². The summed E-state index contributed by atoms with van der Waals surface area (Å²) in [6.45, 7) is 2.32. The maximum absolute atomic E-state index is 11.5. The molecule has 1 fully saturated rings. The zero-order valence-corrected chi connectivity index (χ0v) is 12.5. The summed E-state index contributed by atoms with van der Waals surface area (Å²) in [4.78, 5) is 28.1. The molecule has 1 heterocycles. The van der Waals surface area contributed by atoms with E-state index in [4.69, 9.17) is 0 Å². The molecular formula is C16H21N3O2. The van der Waals surface area contributed by atoms with Crippen molar-refractivity contribution in [2.45, 2.75) is 38.6 Å². The second-order valence-corrected chi connectivity index (χ2v) is 6.30. The highest BCUT2D eigenvalue weighted by Gasteiger charge is 2.37. The van der Waals surface area contributed by atoms with Crippen LogP contribution in [0.1, 0.15) is 44.2 Å². The molecule has 5 nitrogen and oxygen atoms in total. The predicted octanol–water partition coefficient (Wildman–Crippen LogP) is 2.06. The second kappa shape index (κ2) is 5.15. The summed E-state index contributed by atoms with van der Waals surface area (Å²) in [7, 11) is 1.98. The van der Waals surface area contributed by atoms with Crippen LogP contribution in [-0.2, 0) is 0 Å². The summed E-state index contributed by atoms with van der Waals surface area (Å²) in [5.41, 5.74) is 1.52. The minimum atomic E-state index is -0.608. The van der Waals surface area contributed by atoms with E-state index in [1.807, 2.05) is 25.2 Å². The molecule has 1 aromatic heterocycles. The number of aromatic amines is 2. The minimum absolute atomic E-state index is 0.241. The maximum atomic E-state index is 11.5. The molecule has 0 amide bonds. The van der Waals surface area contributed by atoms with Crippen molar-refractivity contribution in [3.8, 4) is 0 Å². The highest BCUT2D eigenvalue weighted by atomic mass is 16.2. The summed E-state index contributed by atoms with van der Waals surface area (Å²) in [5, 5.41) is 3.43. The second-order valence-electron chi connectivity index (χ2n) is 6.30. The van der Waals surface area contributed by atoms with Crippen LogP contribution in [0, 0.1) is 5.41 Å². The van der Waals surface area contributed by atoms with Gasteiger partial charge in [0.1, 0.15) is 0 Å². The number of hydrogen-bond donors (Lipinski definition) is 3. The van der Waals surface area contributed by atoms with Gasteiger partial charge in [-0.25, -0.2) is 0 Å². The van der Waals surface area contributed by atoms with Crippen LogP contribution in [0.5, 0.6) is 0 Å². The van der Waals surface area contributed by atoms with E-state index in [1.54, 1.807) is 0 Å². The number of hydrogen-bond acceptors (Lipinski definition) is 3. The van der Waals surface area contributed by atoms with Crippen molar-refractivity contribution >= 4 is 11.0 Å². The van der Waals surface area contributed by atoms with Crippen molar-refractivity contribution < 1.29 is 0 Å². The van der Waals surface area contributed by atoms with Crippen LogP contribution in [0.25, 0.3) is 11.0 Å². The van der Waals surface area contributed by atoms with Gasteiger partial charge in [-0.3, -0.25) is 9.59 Å². The number of nitrogens with one attached hydrogen (secondary N) is 3. The lowest BCUT2D eigenvalue weighted by atomic mass is 9.77. The molecular weight excluding hydrogens is 266 g/mol. The Bertz CT molecular complexity index is 769. The fourth-order valence-corrected chi connectivity index (χ4v) is 3.70. The van der Waals surface area contributed by atoms with Crippen molar-refractivity contribution in [1.29, 1.82) is 0 Å². The minimum Gasteiger partial charge on any atom is -0.316 e. The quantitative estimate of drug-likeness (QED) is 0.756. The van der Waals surface area contributed by atoms with Crippen LogP contribution < -0.4 is 16.4 Å². The monoisotopic (exact) mass is 287 g/mol. The molecule has 1 saturated carbocycles. The van der Waals surface area contributed by atoms with Crippen LogP contribution in [0.2, 0.25) is 0 Å². The number of fused-ring (bicyclic) bond motifs is 1. The molecule has 1 aromatic carbocycles. The summed E-state index contributed by atoms with van der Waals surface area (Å²) in [6.07, 6.45) is 4.95. The Labute approximate surface area is 122 Å². The molecule has 3 rings (SSSR count). The largest absolute Gasteiger partial charge is 0.316 e. The first-order valence-corrected chi connectivity index (χ1v) is 7.47. The average molecular weight is 287 g/mol. The van der Waals surface area contributed by atoms with E-state index < -0.39 is 11.1 Å². The van der Waals surface area contributed by atoms with Crippen LogP contribution in [0.15, 0.2) is 27.8 Å². The molecule has 1 aliphatic rings. The van der Waals surface area contributed by atoms with E-state index in [-0.39, 0.29) is 11.5 Å². The van der Waals surface area contributed by atoms with Crippen molar-refractivity contribution in [3.05, 3.63) is 44.5 Å². The zero-order chi connectivity index (χ0) is 15.0. The van der Waals surface area contributed by atoms with Gasteiger partial charge in [0.05, 0.1) is 11.0 Å². The van der Waals surface area contributed by atoms with Gasteiger partial charge in [0.2, 0.25) is 0 Å². The molecule has 0 spiro atoms. The molecule has 0 aliphatic heterocycles. The highest BCUT2D eigenvalue weighted by molar-refractivity contribution is 5.74. The van der Waals surface area contributed by atoms with E-state index in [0.717, 1.165) is 5.56 Å². The summed E-state index contributed by atoms with van der Waals surface area (Å²) < 4.78 is 0. The van der Waals surface area contributed by atoms with E-state index in [1.165, 1.54) is 25.7 Å². The zero-order valence-electron chi connectivity index (χ0n) is 12.5. The summed E-state index contributed by atoms with van der Waals surface area (Å²) in [5.74, 6) is 0. The van der Waals surface area contributed by atoms with Gasteiger partial charge in [0.15, 0.2) is 0 Å². The Balaban J connectivity index is 2.09. The molecule has 0 bridgehead atoms. The molecule has 112 valence electrons.